The van der Waals surface area contributed by atoms with Crippen molar-refractivity contribution in [1.82, 2.24) is 9.55 Å². The number of rotatable bonds is 5. The SMILES string of the molecule is CC(C)c1ccccc1-c1ccc(OCC2Cn3ccc(=O)nc3O2)cc1. The molecule has 0 saturated carbocycles. The lowest BCUT2D eigenvalue weighted by Crippen LogP contribution is -2.23. The first-order valence-electron chi connectivity index (χ1n) is 9.16. The van der Waals surface area contributed by atoms with E-state index in [9.17, 15) is 4.79 Å². The van der Waals surface area contributed by atoms with Crippen molar-refractivity contribution in [3.8, 4) is 22.9 Å². The molecule has 0 saturated heterocycles. The molecule has 5 nitrogen and oxygen atoms in total. The Morgan fingerprint density at radius 2 is 1.93 bits per heavy atom. The summed E-state index contributed by atoms with van der Waals surface area (Å²) in [6.07, 6.45) is 1.55. The average molecular weight is 362 g/mol. The van der Waals surface area contributed by atoms with Crippen molar-refractivity contribution in [2.75, 3.05) is 6.61 Å². The molecule has 1 aliphatic heterocycles. The van der Waals surface area contributed by atoms with Crippen molar-refractivity contribution in [3.05, 3.63) is 76.7 Å². The van der Waals surface area contributed by atoms with Crippen LogP contribution in [0, 0.1) is 0 Å². The van der Waals surface area contributed by atoms with Crippen molar-refractivity contribution < 1.29 is 9.47 Å². The Labute approximate surface area is 158 Å². The normalized spacial score (nSPS) is 15.4. The molecule has 0 spiro atoms. The molecule has 2 heterocycles. The first kappa shape index (κ1) is 17.3. The zero-order valence-electron chi connectivity index (χ0n) is 15.5. The summed E-state index contributed by atoms with van der Waals surface area (Å²) in [4.78, 5) is 15.2. The third kappa shape index (κ3) is 3.72. The topological polar surface area (TPSA) is 53.4 Å². The van der Waals surface area contributed by atoms with Crippen molar-refractivity contribution in [2.24, 2.45) is 0 Å². The Kier molecular flexibility index (Phi) is 4.67. The van der Waals surface area contributed by atoms with Gasteiger partial charge in [-0.15, -0.1) is 0 Å². The van der Waals surface area contributed by atoms with Gasteiger partial charge in [-0.3, -0.25) is 9.36 Å². The second-order valence-corrected chi connectivity index (χ2v) is 7.02. The van der Waals surface area contributed by atoms with E-state index in [1.807, 2.05) is 16.7 Å². The Bertz CT molecular complexity index is 993. The minimum atomic E-state index is -0.292. The molecule has 3 aromatic rings. The zero-order chi connectivity index (χ0) is 18.8. The molecule has 0 N–H and O–H groups in total. The smallest absolute Gasteiger partial charge is 0.300 e. The van der Waals surface area contributed by atoms with Gasteiger partial charge in [0.25, 0.3) is 11.6 Å². The summed E-state index contributed by atoms with van der Waals surface area (Å²) in [6.45, 7) is 5.44. The van der Waals surface area contributed by atoms with E-state index in [2.05, 4.69) is 55.2 Å². The predicted molar refractivity (Wildman–Crippen MR) is 104 cm³/mol. The first-order chi connectivity index (χ1) is 13.1. The molecule has 0 fully saturated rings. The molecule has 1 atom stereocenters. The molecule has 0 bridgehead atoms. The van der Waals surface area contributed by atoms with Crippen molar-refractivity contribution in [1.29, 1.82) is 0 Å². The van der Waals surface area contributed by atoms with Gasteiger partial charge >= 0.3 is 0 Å². The highest BCUT2D eigenvalue weighted by molar-refractivity contribution is 5.68. The molecule has 1 aromatic heterocycles. The van der Waals surface area contributed by atoms with Gasteiger partial charge in [-0.05, 0) is 34.7 Å². The first-order valence-corrected chi connectivity index (χ1v) is 9.16. The molecule has 5 heteroatoms. The number of fused-ring (bicyclic) bond motifs is 1. The maximum atomic E-state index is 11.3. The number of benzene rings is 2. The summed E-state index contributed by atoms with van der Waals surface area (Å²) < 4.78 is 13.4. The van der Waals surface area contributed by atoms with Crippen LogP contribution in [0.2, 0.25) is 0 Å². The molecule has 2 aromatic carbocycles. The summed E-state index contributed by atoms with van der Waals surface area (Å²) in [5.41, 5.74) is 3.48. The summed E-state index contributed by atoms with van der Waals surface area (Å²) in [5, 5.41) is 0. The summed E-state index contributed by atoms with van der Waals surface area (Å²) in [5.74, 6) is 1.27. The van der Waals surface area contributed by atoms with E-state index >= 15 is 0 Å². The zero-order valence-corrected chi connectivity index (χ0v) is 15.5. The minimum absolute atomic E-state index is 0.152. The second kappa shape index (κ2) is 7.27. The van der Waals surface area contributed by atoms with Gasteiger partial charge in [0.05, 0.1) is 6.54 Å². The van der Waals surface area contributed by atoms with Crippen LogP contribution in [0.4, 0.5) is 0 Å². The van der Waals surface area contributed by atoms with Gasteiger partial charge in [0.15, 0.2) is 6.10 Å². The predicted octanol–water partition coefficient (Wildman–Crippen LogP) is 3.87. The third-order valence-electron chi connectivity index (χ3n) is 4.71. The Morgan fingerprint density at radius 3 is 2.70 bits per heavy atom. The van der Waals surface area contributed by atoms with E-state index < -0.39 is 0 Å². The fourth-order valence-corrected chi connectivity index (χ4v) is 3.32. The van der Waals surface area contributed by atoms with Crippen LogP contribution in [0.1, 0.15) is 25.3 Å². The van der Waals surface area contributed by atoms with E-state index in [4.69, 9.17) is 9.47 Å². The highest BCUT2D eigenvalue weighted by Gasteiger charge is 2.23. The van der Waals surface area contributed by atoms with Gasteiger partial charge in [-0.2, -0.15) is 4.98 Å². The molecule has 0 radical (unpaired) electrons. The van der Waals surface area contributed by atoms with Gasteiger partial charge in [0, 0.05) is 12.3 Å². The van der Waals surface area contributed by atoms with E-state index in [0.717, 1.165) is 5.75 Å². The standard InChI is InChI=1S/C22H22N2O3/c1-15(2)19-5-3-4-6-20(19)16-7-9-17(10-8-16)26-14-18-13-24-12-11-21(25)23-22(24)27-18/h3-12,15,18H,13-14H2,1-2H3. The van der Waals surface area contributed by atoms with Gasteiger partial charge in [-0.25, -0.2) is 0 Å². The Balaban J connectivity index is 1.42. The van der Waals surface area contributed by atoms with Crippen LogP contribution in [-0.4, -0.2) is 22.3 Å². The van der Waals surface area contributed by atoms with E-state index in [-0.39, 0.29) is 11.7 Å². The lowest BCUT2D eigenvalue weighted by Gasteiger charge is -2.14. The molecular weight excluding hydrogens is 340 g/mol. The molecule has 4 rings (SSSR count). The Hall–Kier alpha value is -3.08. The molecule has 27 heavy (non-hydrogen) atoms. The number of nitrogens with zero attached hydrogens (tertiary/aromatic N) is 2. The summed E-state index contributed by atoms with van der Waals surface area (Å²) >= 11 is 0. The summed E-state index contributed by atoms with van der Waals surface area (Å²) in [7, 11) is 0. The van der Waals surface area contributed by atoms with Gasteiger partial charge in [0.1, 0.15) is 12.4 Å². The molecule has 0 amide bonds. The fourth-order valence-electron chi connectivity index (χ4n) is 3.32. The van der Waals surface area contributed by atoms with Crippen LogP contribution in [0.5, 0.6) is 11.8 Å². The number of ether oxygens (including phenoxy) is 2. The molecule has 138 valence electrons. The number of aromatic nitrogens is 2. The fraction of sp³-hybridized carbons (Fsp3) is 0.273. The monoisotopic (exact) mass is 362 g/mol. The van der Waals surface area contributed by atoms with Crippen LogP contribution in [0.15, 0.2) is 65.6 Å². The van der Waals surface area contributed by atoms with Crippen molar-refractivity contribution >= 4 is 0 Å². The van der Waals surface area contributed by atoms with Crippen LogP contribution in [0.3, 0.4) is 0 Å². The second-order valence-electron chi connectivity index (χ2n) is 7.02. The number of hydrogen-bond donors (Lipinski definition) is 0. The summed E-state index contributed by atoms with van der Waals surface area (Å²) in [6, 6.07) is 18.4. The van der Waals surface area contributed by atoms with Crippen molar-refractivity contribution in [3.63, 3.8) is 0 Å². The average Bonchev–Trinajstić information content (AvgIpc) is 3.09. The lowest BCUT2D eigenvalue weighted by molar-refractivity contribution is 0.143. The lowest BCUT2D eigenvalue weighted by atomic mass is 9.93. The maximum Gasteiger partial charge on any atom is 0.300 e. The van der Waals surface area contributed by atoms with Crippen LogP contribution < -0.4 is 15.0 Å². The van der Waals surface area contributed by atoms with Gasteiger partial charge in [-0.1, -0.05) is 50.2 Å². The minimum Gasteiger partial charge on any atom is -0.490 e. The largest absolute Gasteiger partial charge is 0.490 e. The molecule has 1 aliphatic rings. The highest BCUT2D eigenvalue weighted by atomic mass is 16.6. The number of hydrogen-bond acceptors (Lipinski definition) is 4. The molecular formula is C22H22N2O3. The van der Waals surface area contributed by atoms with E-state index in [1.165, 1.54) is 22.8 Å². The van der Waals surface area contributed by atoms with Crippen LogP contribution >= 0.6 is 0 Å². The van der Waals surface area contributed by atoms with E-state index in [1.54, 1.807) is 6.20 Å². The van der Waals surface area contributed by atoms with Crippen LogP contribution in [0.25, 0.3) is 11.1 Å². The van der Waals surface area contributed by atoms with Gasteiger partial charge in [0.2, 0.25) is 0 Å². The van der Waals surface area contributed by atoms with Crippen LogP contribution in [-0.2, 0) is 6.54 Å². The maximum absolute atomic E-state index is 11.3. The van der Waals surface area contributed by atoms with Crippen molar-refractivity contribution in [2.45, 2.75) is 32.4 Å². The molecule has 1 unspecified atom stereocenters. The third-order valence-corrected chi connectivity index (χ3v) is 4.71. The Morgan fingerprint density at radius 1 is 1.15 bits per heavy atom. The van der Waals surface area contributed by atoms with E-state index in [0.29, 0.717) is 25.1 Å². The quantitative estimate of drug-likeness (QED) is 0.691. The van der Waals surface area contributed by atoms with Gasteiger partial charge < -0.3 is 9.47 Å². The molecule has 0 aliphatic carbocycles. The highest BCUT2D eigenvalue weighted by Crippen LogP contribution is 2.30.